The highest BCUT2D eigenvalue weighted by Gasteiger charge is 2.09. The number of allylic oxidation sites excluding steroid dienone is 4. The molecule has 0 aliphatic carbocycles. The van der Waals surface area contributed by atoms with Gasteiger partial charge in [-0.05, 0) is 48.8 Å². The highest BCUT2D eigenvalue weighted by Crippen LogP contribution is 2.30. The van der Waals surface area contributed by atoms with Crippen LogP contribution in [0.2, 0.25) is 0 Å². The Morgan fingerprint density at radius 1 is 1.22 bits per heavy atom. The highest BCUT2D eigenvalue weighted by molar-refractivity contribution is 8.25. The van der Waals surface area contributed by atoms with E-state index in [1.165, 1.54) is 37.1 Å². The molecule has 23 heavy (non-hydrogen) atoms. The second-order valence-corrected chi connectivity index (χ2v) is 7.10. The third-order valence-corrected chi connectivity index (χ3v) is 4.04. The smallest absolute Gasteiger partial charge is 0.123 e. The molecule has 1 nitrogen and oxygen atoms in total. The Bertz CT molecular complexity index is 671. The number of nitrogens with zero attached hydrogens (tertiary/aromatic N) is 1. The van der Waals surface area contributed by atoms with E-state index in [1.54, 1.807) is 18.2 Å². The second kappa shape index (κ2) is 8.79. The lowest BCUT2D eigenvalue weighted by atomic mass is 9.99. The van der Waals surface area contributed by atoms with Crippen LogP contribution in [-0.2, 0) is 0 Å². The molecule has 0 atom stereocenters. The van der Waals surface area contributed by atoms with E-state index in [9.17, 15) is 8.87 Å². The van der Waals surface area contributed by atoms with Gasteiger partial charge in [0, 0.05) is 27.9 Å². The molecule has 0 aliphatic heterocycles. The molecule has 0 fully saturated rings. The molecule has 0 radical (unpaired) electrons. The van der Waals surface area contributed by atoms with Crippen molar-refractivity contribution < 1.29 is 8.87 Å². The molecule has 0 heterocycles. The van der Waals surface area contributed by atoms with Crippen molar-refractivity contribution in [2.45, 2.75) is 13.8 Å². The quantitative estimate of drug-likeness (QED) is 0.347. The molecule has 1 aromatic rings. The van der Waals surface area contributed by atoms with Gasteiger partial charge >= 0.3 is 0 Å². The van der Waals surface area contributed by atoms with Crippen LogP contribution in [0.5, 0.6) is 0 Å². The van der Waals surface area contributed by atoms with Gasteiger partial charge in [-0.15, -0.1) is 4.48 Å². The van der Waals surface area contributed by atoms with Gasteiger partial charge in [-0.3, -0.25) is 0 Å². The summed E-state index contributed by atoms with van der Waals surface area (Å²) in [7, 11) is 1.28. The zero-order chi connectivity index (χ0) is 17.6. The summed E-state index contributed by atoms with van der Waals surface area (Å²) in [4.78, 5) is 0.828. The Hall–Kier alpha value is -1.72. The van der Waals surface area contributed by atoms with Crippen LogP contribution in [0.15, 0.2) is 65.8 Å². The van der Waals surface area contributed by atoms with Crippen molar-refractivity contribution in [1.29, 1.82) is 0 Å². The summed E-state index contributed by atoms with van der Waals surface area (Å²) in [5, 5.41) is 0.450. The molecule has 0 unspecified atom stereocenters. The molecule has 0 bridgehead atoms. The fourth-order valence-corrected chi connectivity index (χ4v) is 2.69. The molecular formula is C18H19F2NS2. The van der Waals surface area contributed by atoms with Crippen LogP contribution in [0, 0.1) is 5.82 Å². The first kappa shape index (κ1) is 19.3. The lowest BCUT2D eigenvalue weighted by molar-refractivity contribution is 0.128. The van der Waals surface area contributed by atoms with Crippen LogP contribution in [0.3, 0.4) is 0 Å². The Labute approximate surface area is 146 Å². The Balaban J connectivity index is 3.28. The average molecular weight is 351 g/mol. The number of halogens is 2. The van der Waals surface area contributed by atoms with Crippen molar-refractivity contribution in [2.24, 2.45) is 0 Å². The van der Waals surface area contributed by atoms with Crippen molar-refractivity contribution >= 4 is 33.7 Å². The standard InChI is InChI=1S/C18H19F2NS2/c1-12(2)18(23-14(4)22)10-16(11-21(5)20)13(3)15-6-8-17(19)9-7-15/h6-11H,1,3H2,2,4-5H3/b16-11+,18-10+. The van der Waals surface area contributed by atoms with E-state index in [2.05, 4.69) is 13.2 Å². The van der Waals surface area contributed by atoms with Gasteiger partial charge in [-0.2, -0.15) is 0 Å². The molecule has 1 aromatic carbocycles. The Kier molecular flexibility index (Phi) is 7.39. The summed E-state index contributed by atoms with van der Waals surface area (Å²) < 4.78 is 27.2. The van der Waals surface area contributed by atoms with Gasteiger partial charge in [0.1, 0.15) is 5.82 Å². The maximum Gasteiger partial charge on any atom is 0.123 e. The van der Waals surface area contributed by atoms with Crippen LogP contribution in [0.25, 0.3) is 5.57 Å². The topological polar surface area (TPSA) is 3.24 Å². The molecule has 0 saturated carbocycles. The van der Waals surface area contributed by atoms with E-state index in [-0.39, 0.29) is 5.82 Å². The van der Waals surface area contributed by atoms with Gasteiger partial charge in [0.05, 0.1) is 0 Å². The minimum atomic E-state index is -0.334. The van der Waals surface area contributed by atoms with E-state index in [4.69, 9.17) is 12.2 Å². The number of thioether (sulfide) groups is 1. The Morgan fingerprint density at radius 3 is 2.22 bits per heavy atom. The first-order chi connectivity index (χ1) is 10.7. The number of thiocarbonyl (C=S) groups is 1. The van der Waals surface area contributed by atoms with Crippen molar-refractivity contribution in [2.75, 3.05) is 7.05 Å². The lowest BCUT2D eigenvalue weighted by Gasteiger charge is -2.13. The maximum absolute atomic E-state index is 13.4. The number of benzene rings is 1. The van der Waals surface area contributed by atoms with E-state index in [0.29, 0.717) is 21.8 Å². The number of rotatable bonds is 6. The van der Waals surface area contributed by atoms with E-state index < -0.39 is 0 Å². The summed E-state index contributed by atoms with van der Waals surface area (Å²) >= 11 is 6.51. The van der Waals surface area contributed by atoms with Crippen LogP contribution in [0.1, 0.15) is 19.4 Å². The van der Waals surface area contributed by atoms with Gasteiger partial charge in [-0.25, -0.2) is 9.51 Å². The van der Waals surface area contributed by atoms with Gasteiger partial charge in [0.25, 0.3) is 0 Å². The van der Waals surface area contributed by atoms with Crippen molar-refractivity contribution in [3.63, 3.8) is 0 Å². The van der Waals surface area contributed by atoms with Crippen LogP contribution in [-0.4, -0.2) is 16.4 Å². The molecule has 0 amide bonds. The summed E-state index contributed by atoms with van der Waals surface area (Å²) in [5.74, 6) is -0.334. The predicted octanol–water partition coefficient (Wildman–Crippen LogP) is 6.08. The second-order valence-electron chi connectivity index (χ2n) is 4.98. The fraction of sp³-hybridized carbons (Fsp3) is 0.167. The molecule has 0 aromatic heterocycles. The lowest BCUT2D eigenvalue weighted by Crippen LogP contribution is -1.99. The largest absolute Gasteiger partial charge is 0.222 e. The molecule has 0 spiro atoms. The average Bonchev–Trinajstić information content (AvgIpc) is 2.44. The predicted molar refractivity (Wildman–Crippen MR) is 101 cm³/mol. The molecule has 0 N–H and O–H groups in total. The van der Waals surface area contributed by atoms with Crippen molar-refractivity contribution in [3.05, 3.63) is 77.1 Å². The first-order valence-corrected chi connectivity index (χ1v) is 8.05. The third-order valence-electron chi connectivity index (χ3n) is 2.82. The molecule has 0 saturated heterocycles. The molecule has 5 heteroatoms. The molecule has 0 aliphatic rings. The minimum absolute atomic E-state index is 0.334. The zero-order valence-electron chi connectivity index (χ0n) is 13.4. The van der Waals surface area contributed by atoms with Crippen molar-refractivity contribution in [1.82, 2.24) is 5.12 Å². The maximum atomic E-state index is 13.4. The molecular weight excluding hydrogens is 332 g/mol. The summed E-state index contributed by atoms with van der Waals surface area (Å²) in [6.45, 7) is 11.6. The molecule has 1 rings (SSSR count). The van der Waals surface area contributed by atoms with Gasteiger partial charge in [0.2, 0.25) is 0 Å². The number of hydrogen-bond donors (Lipinski definition) is 0. The summed E-state index contributed by atoms with van der Waals surface area (Å²) in [6.07, 6.45) is 3.10. The summed E-state index contributed by atoms with van der Waals surface area (Å²) in [5.41, 5.74) is 2.67. The van der Waals surface area contributed by atoms with Crippen LogP contribution >= 0.6 is 24.0 Å². The zero-order valence-corrected chi connectivity index (χ0v) is 15.0. The van der Waals surface area contributed by atoms with Gasteiger partial charge in [0.15, 0.2) is 0 Å². The Morgan fingerprint density at radius 2 is 1.78 bits per heavy atom. The highest BCUT2D eigenvalue weighted by atomic mass is 32.2. The van der Waals surface area contributed by atoms with Crippen LogP contribution in [0.4, 0.5) is 8.87 Å². The van der Waals surface area contributed by atoms with E-state index >= 15 is 0 Å². The minimum Gasteiger partial charge on any atom is -0.222 e. The van der Waals surface area contributed by atoms with E-state index in [0.717, 1.165) is 14.7 Å². The fourth-order valence-electron chi connectivity index (χ4n) is 1.75. The monoisotopic (exact) mass is 351 g/mol. The van der Waals surface area contributed by atoms with Crippen molar-refractivity contribution in [3.8, 4) is 0 Å². The van der Waals surface area contributed by atoms with Gasteiger partial charge in [-0.1, -0.05) is 49.3 Å². The summed E-state index contributed by atoms with van der Waals surface area (Å²) in [6, 6.07) is 5.90. The third kappa shape index (κ3) is 6.50. The van der Waals surface area contributed by atoms with Crippen LogP contribution < -0.4 is 0 Å². The van der Waals surface area contributed by atoms with Gasteiger partial charge < -0.3 is 0 Å². The molecule has 122 valence electrons. The SMILES string of the molecule is C=C(C)/C(=C\C(=C/N(C)F)C(=C)c1ccc(F)cc1)SC(C)=S. The normalized spacial score (nSPS) is 12.0. The number of hydrogen-bond acceptors (Lipinski definition) is 3. The van der Waals surface area contributed by atoms with E-state index in [1.807, 2.05) is 13.8 Å². The first-order valence-electron chi connectivity index (χ1n) is 6.82.